The van der Waals surface area contributed by atoms with Gasteiger partial charge in [-0.05, 0) is 52.8 Å². The average Bonchev–Trinajstić information content (AvgIpc) is 2.49. The minimum atomic E-state index is 0.224. The van der Waals surface area contributed by atoms with Gasteiger partial charge >= 0.3 is 0 Å². The Morgan fingerprint density at radius 2 is 1.75 bits per heavy atom. The fraction of sp³-hybridized carbons (Fsp3) is 0.714. The van der Waals surface area contributed by atoms with E-state index < -0.39 is 0 Å². The smallest absolute Gasteiger partial charge is 0.0105 e. The number of rotatable bonds is 4. The monoisotopic (exact) mass is 239 g/mol. The van der Waals surface area contributed by atoms with Gasteiger partial charge in [-0.3, -0.25) is 0 Å². The van der Waals surface area contributed by atoms with Gasteiger partial charge in [0.2, 0.25) is 0 Å². The Kier molecular flexibility index (Phi) is 4.19. The topological polar surface area (TPSA) is 12.0 Å². The van der Waals surface area contributed by atoms with Crippen LogP contribution in [0.15, 0.2) is 12.1 Å². The maximum atomic E-state index is 3.56. The molecule has 1 N–H and O–H groups in total. The van der Waals surface area contributed by atoms with Crippen LogP contribution in [0.1, 0.15) is 50.8 Å². The lowest BCUT2D eigenvalue weighted by Crippen LogP contribution is -2.38. The molecule has 16 heavy (non-hydrogen) atoms. The summed E-state index contributed by atoms with van der Waals surface area (Å²) in [5.41, 5.74) is 0.513. The summed E-state index contributed by atoms with van der Waals surface area (Å²) in [5.74, 6) is 0. The van der Waals surface area contributed by atoms with Gasteiger partial charge in [0.15, 0.2) is 0 Å². The van der Waals surface area contributed by atoms with E-state index in [4.69, 9.17) is 0 Å². The van der Waals surface area contributed by atoms with E-state index in [9.17, 15) is 0 Å². The summed E-state index contributed by atoms with van der Waals surface area (Å²) in [6.45, 7) is 14.6. The highest BCUT2D eigenvalue weighted by atomic mass is 32.1. The second-order valence-electron chi connectivity index (χ2n) is 6.22. The van der Waals surface area contributed by atoms with Gasteiger partial charge in [0.25, 0.3) is 0 Å². The summed E-state index contributed by atoms with van der Waals surface area (Å²) in [6, 6.07) is 4.50. The molecule has 0 amide bonds. The third-order valence-corrected chi connectivity index (χ3v) is 4.18. The van der Waals surface area contributed by atoms with Crippen LogP contribution in [0, 0.1) is 6.92 Å². The van der Waals surface area contributed by atoms with E-state index in [2.05, 4.69) is 59.0 Å². The number of hydrogen-bond donors (Lipinski definition) is 1. The van der Waals surface area contributed by atoms with Crippen molar-refractivity contribution in [1.29, 1.82) is 0 Å². The zero-order valence-electron chi connectivity index (χ0n) is 11.5. The molecule has 0 atom stereocenters. The number of aryl methyl sites for hydroxylation is 1. The molecule has 1 aromatic heterocycles. The largest absolute Gasteiger partial charge is 0.312 e. The molecule has 1 nitrogen and oxygen atoms in total. The van der Waals surface area contributed by atoms with Crippen LogP contribution in [0.25, 0.3) is 0 Å². The quantitative estimate of drug-likeness (QED) is 0.833. The van der Waals surface area contributed by atoms with Gasteiger partial charge in [0.1, 0.15) is 0 Å². The molecule has 0 unspecified atom stereocenters. The summed E-state index contributed by atoms with van der Waals surface area (Å²) in [7, 11) is 0. The van der Waals surface area contributed by atoms with Gasteiger partial charge in [0, 0.05) is 20.7 Å². The highest BCUT2D eigenvalue weighted by molar-refractivity contribution is 7.12. The Balaban J connectivity index is 2.52. The van der Waals surface area contributed by atoms with E-state index in [1.54, 1.807) is 0 Å². The molecule has 0 aromatic carbocycles. The Labute approximate surface area is 104 Å². The van der Waals surface area contributed by atoms with Crippen LogP contribution < -0.4 is 5.32 Å². The van der Waals surface area contributed by atoms with Crippen LogP contribution in [-0.4, -0.2) is 12.1 Å². The van der Waals surface area contributed by atoms with Crippen LogP contribution >= 0.6 is 11.3 Å². The van der Waals surface area contributed by atoms with Crippen molar-refractivity contribution in [1.82, 2.24) is 5.32 Å². The number of nitrogens with one attached hydrogen (secondary N) is 1. The normalized spacial score (nSPS) is 13.1. The second kappa shape index (κ2) is 4.89. The highest BCUT2D eigenvalue weighted by Gasteiger charge is 2.22. The molecule has 1 heterocycles. The molecule has 0 radical (unpaired) electrons. The number of thiophene rings is 1. The first-order chi connectivity index (χ1) is 7.21. The third-order valence-electron chi connectivity index (χ3n) is 2.81. The Hall–Kier alpha value is -0.340. The number of hydrogen-bond acceptors (Lipinski definition) is 2. The van der Waals surface area contributed by atoms with E-state index in [0.717, 1.165) is 6.54 Å². The standard InChI is InChI=1S/C14H25NS/c1-11-7-8-12(16-11)14(5,6)9-10-15-13(2,3)4/h7-8,15H,9-10H2,1-6H3. The van der Waals surface area contributed by atoms with E-state index in [1.165, 1.54) is 16.2 Å². The lowest BCUT2D eigenvalue weighted by molar-refractivity contribution is 0.382. The molecule has 0 aliphatic carbocycles. The van der Waals surface area contributed by atoms with E-state index in [-0.39, 0.29) is 11.0 Å². The predicted molar refractivity (Wildman–Crippen MR) is 74.5 cm³/mol. The summed E-state index contributed by atoms with van der Waals surface area (Å²) < 4.78 is 0. The van der Waals surface area contributed by atoms with Gasteiger partial charge in [-0.1, -0.05) is 13.8 Å². The van der Waals surface area contributed by atoms with Crippen LogP contribution in [0.3, 0.4) is 0 Å². The summed E-state index contributed by atoms with van der Waals surface area (Å²) in [5, 5.41) is 3.56. The van der Waals surface area contributed by atoms with E-state index in [1.807, 2.05) is 11.3 Å². The average molecular weight is 239 g/mol. The van der Waals surface area contributed by atoms with Crippen molar-refractivity contribution in [2.24, 2.45) is 0 Å². The van der Waals surface area contributed by atoms with Crippen LogP contribution in [0.4, 0.5) is 0 Å². The minimum absolute atomic E-state index is 0.224. The fourth-order valence-corrected chi connectivity index (χ4v) is 2.67. The zero-order chi connectivity index (χ0) is 12.4. The van der Waals surface area contributed by atoms with Crippen molar-refractivity contribution >= 4 is 11.3 Å². The van der Waals surface area contributed by atoms with Gasteiger partial charge in [-0.15, -0.1) is 11.3 Å². The lowest BCUT2D eigenvalue weighted by Gasteiger charge is -2.27. The highest BCUT2D eigenvalue weighted by Crippen LogP contribution is 2.32. The fourth-order valence-electron chi connectivity index (χ4n) is 1.67. The summed E-state index contributed by atoms with van der Waals surface area (Å²) in [4.78, 5) is 2.91. The molecular weight excluding hydrogens is 214 g/mol. The van der Waals surface area contributed by atoms with Crippen LogP contribution in [0.2, 0.25) is 0 Å². The third kappa shape index (κ3) is 4.26. The first kappa shape index (κ1) is 13.7. The van der Waals surface area contributed by atoms with Gasteiger partial charge in [0.05, 0.1) is 0 Å². The maximum absolute atomic E-state index is 3.56. The molecule has 2 heteroatoms. The van der Waals surface area contributed by atoms with Crippen molar-refractivity contribution in [3.8, 4) is 0 Å². The van der Waals surface area contributed by atoms with E-state index in [0.29, 0.717) is 0 Å². The minimum Gasteiger partial charge on any atom is -0.312 e. The Morgan fingerprint density at radius 1 is 1.12 bits per heavy atom. The molecule has 0 aliphatic rings. The SMILES string of the molecule is Cc1ccc(C(C)(C)CCNC(C)(C)C)s1. The molecule has 0 fully saturated rings. The molecular formula is C14H25NS. The van der Waals surface area contributed by atoms with Gasteiger partial charge < -0.3 is 5.32 Å². The van der Waals surface area contributed by atoms with Gasteiger partial charge in [-0.2, -0.15) is 0 Å². The molecule has 0 saturated carbocycles. The van der Waals surface area contributed by atoms with Crippen molar-refractivity contribution < 1.29 is 0 Å². The molecule has 92 valence electrons. The van der Waals surface area contributed by atoms with Crippen molar-refractivity contribution in [2.45, 2.75) is 58.9 Å². The Morgan fingerprint density at radius 3 is 2.19 bits per heavy atom. The molecule has 0 saturated heterocycles. The van der Waals surface area contributed by atoms with Crippen molar-refractivity contribution in [2.75, 3.05) is 6.54 Å². The van der Waals surface area contributed by atoms with Crippen molar-refractivity contribution in [3.05, 3.63) is 21.9 Å². The van der Waals surface area contributed by atoms with Crippen LogP contribution in [-0.2, 0) is 5.41 Å². The van der Waals surface area contributed by atoms with Gasteiger partial charge in [-0.25, -0.2) is 0 Å². The first-order valence-corrected chi connectivity index (χ1v) is 6.84. The maximum Gasteiger partial charge on any atom is 0.0105 e. The van der Waals surface area contributed by atoms with Crippen molar-refractivity contribution in [3.63, 3.8) is 0 Å². The molecule has 1 aromatic rings. The zero-order valence-corrected chi connectivity index (χ0v) is 12.3. The predicted octanol–water partition coefficient (Wildman–Crippen LogP) is 4.11. The first-order valence-electron chi connectivity index (χ1n) is 6.03. The summed E-state index contributed by atoms with van der Waals surface area (Å²) in [6.07, 6.45) is 1.18. The van der Waals surface area contributed by atoms with Crippen LogP contribution in [0.5, 0.6) is 0 Å². The Bertz CT molecular complexity index is 331. The lowest BCUT2D eigenvalue weighted by atomic mass is 9.87. The molecule has 0 aliphatic heterocycles. The molecule has 0 spiro atoms. The van der Waals surface area contributed by atoms with E-state index >= 15 is 0 Å². The molecule has 1 rings (SSSR count). The second-order valence-corrected chi connectivity index (χ2v) is 7.51. The summed E-state index contributed by atoms with van der Waals surface area (Å²) >= 11 is 1.92. The molecule has 0 bridgehead atoms.